The first kappa shape index (κ1) is 16.8. The molecule has 2 aromatic heterocycles. The topological polar surface area (TPSA) is 61.2 Å². The van der Waals surface area contributed by atoms with Gasteiger partial charge in [0, 0.05) is 40.1 Å². The zero-order valence-corrected chi connectivity index (χ0v) is 14.9. The molecule has 0 bridgehead atoms. The molecule has 0 radical (unpaired) electrons. The van der Waals surface area contributed by atoms with Crippen molar-refractivity contribution in [2.75, 3.05) is 14.1 Å². The molecule has 130 valence electrons. The average molecular weight is 336 g/mol. The monoisotopic (exact) mass is 336 g/mol. The number of aryl methyl sites for hydroxylation is 1. The number of rotatable bonds is 5. The minimum Gasteiger partial charge on any atom is -0.357 e. The Morgan fingerprint density at radius 2 is 2.08 bits per heavy atom. The largest absolute Gasteiger partial charge is 0.357 e. The molecule has 0 amide bonds. The van der Waals surface area contributed by atoms with Gasteiger partial charge in [0.05, 0.1) is 18.4 Å². The first-order valence-electron chi connectivity index (χ1n) is 8.27. The van der Waals surface area contributed by atoms with Crippen molar-refractivity contribution < 1.29 is 0 Å². The Balaban J connectivity index is 1.60. The average Bonchev–Trinajstić information content (AvgIpc) is 3.25. The van der Waals surface area contributed by atoms with E-state index in [1.807, 2.05) is 49.3 Å². The number of benzene rings is 1. The van der Waals surface area contributed by atoms with Crippen LogP contribution in [0.4, 0.5) is 0 Å². The highest BCUT2D eigenvalue weighted by atomic mass is 15.3. The molecule has 6 heteroatoms. The lowest BCUT2D eigenvalue weighted by Gasteiger charge is -2.20. The molecule has 3 rings (SSSR count). The van der Waals surface area contributed by atoms with Crippen molar-refractivity contribution >= 4 is 5.96 Å². The van der Waals surface area contributed by atoms with Crippen LogP contribution in [0.25, 0.3) is 11.3 Å². The second kappa shape index (κ2) is 7.70. The van der Waals surface area contributed by atoms with Gasteiger partial charge in [0.2, 0.25) is 0 Å². The van der Waals surface area contributed by atoms with Gasteiger partial charge >= 0.3 is 0 Å². The standard InChI is InChI=1S/C19H24N6/c1-20-19(22-11-15-9-10-24(2)13-15)25(3)14-18-21-12-17(23-18)16-7-5-4-6-8-16/h4-10,12-13H,11,14H2,1-3H3,(H,20,22)(H,21,23). The van der Waals surface area contributed by atoms with Crippen LogP contribution in [0, 0.1) is 0 Å². The molecule has 0 fully saturated rings. The molecule has 0 aliphatic carbocycles. The molecule has 0 aliphatic rings. The summed E-state index contributed by atoms with van der Waals surface area (Å²) in [6, 6.07) is 12.3. The van der Waals surface area contributed by atoms with E-state index in [0.717, 1.165) is 29.6 Å². The van der Waals surface area contributed by atoms with Crippen LogP contribution in [-0.4, -0.2) is 39.5 Å². The van der Waals surface area contributed by atoms with E-state index in [9.17, 15) is 0 Å². The number of nitrogens with one attached hydrogen (secondary N) is 2. The van der Waals surface area contributed by atoms with Gasteiger partial charge in [-0.2, -0.15) is 0 Å². The van der Waals surface area contributed by atoms with Crippen molar-refractivity contribution in [2.45, 2.75) is 13.1 Å². The Morgan fingerprint density at radius 1 is 1.28 bits per heavy atom. The molecule has 2 heterocycles. The lowest BCUT2D eigenvalue weighted by molar-refractivity contribution is 0.464. The molecule has 1 aromatic carbocycles. The summed E-state index contributed by atoms with van der Waals surface area (Å²) >= 11 is 0. The van der Waals surface area contributed by atoms with Gasteiger partial charge in [0.1, 0.15) is 5.82 Å². The van der Waals surface area contributed by atoms with Crippen molar-refractivity contribution in [1.82, 2.24) is 24.8 Å². The molecule has 6 nitrogen and oxygen atoms in total. The van der Waals surface area contributed by atoms with Crippen molar-refractivity contribution in [3.8, 4) is 11.3 Å². The maximum atomic E-state index is 4.49. The summed E-state index contributed by atoms with van der Waals surface area (Å²) in [4.78, 5) is 14.3. The number of H-pyrrole nitrogens is 1. The van der Waals surface area contributed by atoms with E-state index in [1.165, 1.54) is 5.56 Å². The number of hydrogen-bond donors (Lipinski definition) is 2. The third-order valence-corrected chi connectivity index (χ3v) is 4.02. The van der Waals surface area contributed by atoms with Crippen LogP contribution in [0.5, 0.6) is 0 Å². The first-order chi connectivity index (χ1) is 12.2. The summed E-state index contributed by atoms with van der Waals surface area (Å²) in [5.41, 5.74) is 3.38. The van der Waals surface area contributed by atoms with Gasteiger partial charge in [0.25, 0.3) is 0 Å². The normalized spacial score (nSPS) is 11.6. The van der Waals surface area contributed by atoms with Gasteiger partial charge in [-0.3, -0.25) is 4.99 Å². The number of aromatic nitrogens is 3. The van der Waals surface area contributed by atoms with E-state index < -0.39 is 0 Å². The van der Waals surface area contributed by atoms with Crippen molar-refractivity contribution in [2.24, 2.45) is 12.0 Å². The Labute approximate surface area is 148 Å². The highest BCUT2D eigenvalue weighted by Crippen LogP contribution is 2.16. The van der Waals surface area contributed by atoms with Crippen LogP contribution < -0.4 is 5.32 Å². The van der Waals surface area contributed by atoms with Crippen LogP contribution in [0.1, 0.15) is 11.4 Å². The first-order valence-corrected chi connectivity index (χ1v) is 8.27. The molecule has 0 saturated carbocycles. The summed E-state index contributed by atoms with van der Waals surface area (Å²) in [6.07, 6.45) is 6.01. The summed E-state index contributed by atoms with van der Waals surface area (Å²) < 4.78 is 2.04. The second-order valence-corrected chi connectivity index (χ2v) is 6.05. The Hall–Kier alpha value is -3.02. The highest BCUT2D eigenvalue weighted by molar-refractivity contribution is 5.79. The summed E-state index contributed by atoms with van der Waals surface area (Å²) in [6.45, 7) is 1.40. The number of hydrogen-bond acceptors (Lipinski definition) is 2. The number of aliphatic imine (C=N–C) groups is 1. The van der Waals surface area contributed by atoms with Crippen LogP contribution in [0.2, 0.25) is 0 Å². The molecule has 2 N–H and O–H groups in total. The third-order valence-electron chi connectivity index (χ3n) is 4.02. The minimum absolute atomic E-state index is 0.654. The fraction of sp³-hybridized carbons (Fsp3) is 0.263. The minimum atomic E-state index is 0.654. The maximum absolute atomic E-state index is 4.49. The van der Waals surface area contributed by atoms with Crippen molar-refractivity contribution in [3.63, 3.8) is 0 Å². The molecule has 0 saturated heterocycles. The maximum Gasteiger partial charge on any atom is 0.194 e. The van der Waals surface area contributed by atoms with Crippen LogP contribution in [0.15, 0.2) is 60.0 Å². The lowest BCUT2D eigenvalue weighted by Crippen LogP contribution is -2.38. The number of nitrogens with zero attached hydrogens (tertiary/aromatic N) is 4. The zero-order valence-electron chi connectivity index (χ0n) is 14.9. The van der Waals surface area contributed by atoms with Crippen molar-refractivity contribution in [1.29, 1.82) is 0 Å². The Bertz CT molecular complexity index is 830. The van der Waals surface area contributed by atoms with Gasteiger partial charge < -0.3 is 19.8 Å². The number of imidazole rings is 1. The van der Waals surface area contributed by atoms with Crippen LogP contribution >= 0.6 is 0 Å². The summed E-state index contributed by atoms with van der Waals surface area (Å²) in [5, 5.41) is 3.38. The van der Waals surface area contributed by atoms with E-state index in [0.29, 0.717) is 6.54 Å². The molecule has 0 atom stereocenters. The van der Waals surface area contributed by atoms with Gasteiger partial charge in [-0.25, -0.2) is 4.98 Å². The lowest BCUT2D eigenvalue weighted by atomic mass is 10.2. The summed E-state index contributed by atoms with van der Waals surface area (Å²) in [5.74, 6) is 1.74. The third kappa shape index (κ3) is 4.29. The number of guanidine groups is 1. The van der Waals surface area contributed by atoms with Gasteiger partial charge in [-0.1, -0.05) is 30.3 Å². The zero-order chi connectivity index (χ0) is 17.6. The van der Waals surface area contributed by atoms with E-state index in [2.05, 4.69) is 49.6 Å². The van der Waals surface area contributed by atoms with Crippen LogP contribution in [0.3, 0.4) is 0 Å². The van der Waals surface area contributed by atoms with Gasteiger partial charge in [0.15, 0.2) is 5.96 Å². The fourth-order valence-electron chi connectivity index (χ4n) is 2.74. The molecular weight excluding hydrogens is 312 g/mol. The smallest absolute Gasteiger partial charge is 0.194 e. The molecular formula is C19H24N6. The van der Waals surface area contributed by atoms with E-state index in [-0.39, 0.29) is 0 Å². The Morgan fingerprint density at radius 3 is 2.76 bits per heavy atom. The number of aromatic amines is 1. The predicted octanol–water partition coefficient (Wildman–Crippen LogP) is 2.62. The molecule has 0 aliphatic heterocycles. The summed E-state index contributed by atoms with van der Waals surface area (Å²) in [7, 11) is 5.82. The van der Waals surface area contributed by atoms with Crippen molar-refractivity contribution in [3.05, 3.63) is 66.4 Å². The van der Waals surface area contributed by atoms with Crippen LogP contribution in [-0.2, 0) is 20.1 Å². The molecule has 0 unspecified atom stereocenters. The SMILES string of the molecule is CN=C(NCc1ccn(C)c1)N(C)Cc1ncc(-c2ccccc2)[nH]1. The van der Waals surface area contributed by atoms with E-state index in [4.69, 9.17) is 0 Å². The second-order valence-electron chi connectivity index (χ2n) is 6.05. The molecule has 25 heavy (non-hydrogen) atoms. The van der Waals surface area contributed by atoms with Gasteiger partial charge in [-0.15, -0.1) is 0 Å². The molecule has 0 spiro atoms. The van der Waals surface area contributed by atoms with Gasteiger partial charge in [-0.05, 0) is 17.2 Å². The quantitative estimate of drug-likeness (QED) is 0.556. The predicted molar refractivity (Wildman–Crippen MR) is 101 cm³/mol. The fourth-order valence-corrected chi connectivity index (χ4v) is 2.74. The van der Waals surface area contributed by atoms with E-state index >= 15 is 0 Å². The highest BCUT2D eigenvalue weighted by Gasteiger charge is 2.10. The van der Waals surface area contributed by atoms with E-state index in [1.54, 1.807) is 7.05 Å². The molecule has 3 aromatic rings. The Kier molecular flexibility index (Phi) is 5.18.